The molecule has 1 aromatic carbocycles. The summed E-state index contributed by atoms with van der Waals surface area (Å²) >= 11 is 0. The van der Waals surface area contributed by atoms with Crippen molar-refractivity contribution in [3.63, 3.8) is 0 Å². The van der Waals surface area contributed by atoms with Gasteiger partial charge in [0.2, 0.25) is 0 Å². The highest BCUT2D eigenvalue weighted by atomic mass is 19.1. The number of carbonyl (C=O) groups is 1. The maximum absolute atomic E-state index is 13.7. The molecule has 3 N–H and O–H groups in total. The smallest absolute Gasteiger partial charge is 0.337 e. The number of hydrogen-bond acceptors (Lipinski definition) is 2. The standard InChI is InChI=1S/C15H15FN2O2/c16-13-2-1-11(17)7-10(13)5-9-6-14-12(15(19)20)3-4-18(14)8-9/h1-4,7,9H,5-6,8,17H2,(H,19,20). The lowest BCUT2D eigenvalue weighted by Gasteiger charge is -2.10. The van der Waals surface area contributed by atoms with Gasteiger partial charge in [-0.2, -0.15) is 0 Å². The molecule has 1 aromatic heterocycles. The van der Waals surface area contributed by atoms with Gasteiger partial charge in [0.15, 0.2) is 0 Å². The summed E-state index contributed by atoms with van der Waals surface area (Å²) in [5.74, 6) is -0.954. The molecule has 0 radical (unpaired) electrons. The minimum Gasteiger partial charge on any atom is -0.478 e. The van der Waals surface area contributed by atoms with Crippen LogP contribution in [0.2, 0.25) is 0 Å². The Morgan fingerprint density at radius 2 is 2.25 bits per heavy atom. The van der Waals surface area contributed by atoms with Crippen LogP contribution in [0.25, 0.3) is 0 Å². The molecule has 3 rings (SSSR count). The van der Waals surface area contributed by atoms with Gasteiger partial charge in [0.05, 0.1) is 5.56 Å². The highest BCUT2D eigenvalue weighted by Gasteiger charge is 2.27. The second-order valence-corrected chi connectivity index (χ2v) is 5.26. The zero-order valence-corrected chi connectivity index (χ0v) is 10.8. The lowest BCUT2D eigenvalue weighted by molar-refractivity contribution is 0.0696. The summed E-state index contributed by atoms with van der Waals surface area (Å²) in [5, 5.41) is 9.10. The summed E-state index contributed by atoms with van der Waals surface area (Å²) in [6.45, 7) is 0.719. The van der Waals surface area contributed by atoms with Gasteiger partial charge in [0, 0.05) is 24.1 Å². The molecule has 104 valence electrons. The van der Waals surface area contributed by atoms with Gasteiger partial charge in [-0.3, -0.25) is 0 Å². The number of aromatic carboxylic acids is 1. The Bertz CT molecular complexity index is 679. The van der Waals surface area contributed by atoms with Crippen LogP contribution in [0.5, 0.6) is 0 Å². The topological polar surface area (TPSA) is 68.2 Å². The fourth-order valence-electron chi connectivity index (χ4n) is 2.91. The molecule has 1 aliphatic heterocycles. The summed E-state index contributed by atoms with van der Waals surface area (Å²) in [5.41, 5.74) is 8.00. The number of hydrogen-bond donors (Lipinski definition) is 2. The molecule has 5 heteroatoms. The summed E-state index contributed by atoms with van der Waals surface area (Å²) in [6.07, 6.45) is 3.01. The number of halogens is 1. The molecule has 0 spiro atoms. The fraction of sp³-hybridized carbons (Fsp3) is 0.267. The number of anilines is 1. The largest absolute Gasteiger partial charge is 0.478 e. The third-order valence-electron chi connectivity index (χ3n) is 3.82. The van der Waals surface area contributed by atoms with Crippen LogP contribution in [0, 0.1) is 11.7 Å². The third-order valence-corrected chi connectivity index (χ3v) is 3.82. The molecular formula is C15H15FN2O2. The Kier molecular flexibility index (Phi) is 2.97. The van der Waals surface area contributed by atoms with Crippen molar-refractivity contribution >= 4 is 11.7 Å². The first-order chi connectivity index (χ1) is 9.54. The molecule has 1 atom stereocenters. The van der Waals surface area contributed by atoms with Crippen molar-refractivity contribution in [2.45, 2.75) is 19.4 Å². The van der Waals surface area contributed by atoms with E-state index in [1.165, 1.54) is 6.07 Å². The molecule has 0 saturated heterocycles. The Labute approximate surface area is 115 Å². The molecule has 2 aromatic rings. The second kappa shape index (κ2) is 4.67. The average Bonchev–Trinajstić information content (AvgIpc) is 2.92. The van der Waals surface area contributed by atoms with Crippen molar-refractivity contribution in [2.75, 3.05) is 5.73 Å². The van der Waals surface area contributed by atoms with Crippen molar-refractivity contribution in [3.05, 3.63) is 53.1 Å². The average molecular weight is 274 g/mol. The van der Waals surface area contributed by atoms with Crippen LogP contribution >= 0.6 is 0 Å². The van der Waals surface area contributed by atoms with E-state index in [-0.39, 0.29) is 11.7 Å². The predicted molar refractivity (Wildman–Crippen MR) is 73.1 cm³/mol. The maximum atomic E-state index is 13.7. The van der Waals surface area contributed by atoms with Crippen LogP contribution in [-0.4, -0.2) is 15.6 Å². The summed E-state index contributed by atoms with van der Waals surface area (Å²) < 4.78 is 15.7. The van der Waals surface area contributed by atoms with Gasteiger partial charge in [-0.15, -0.1) is 0 Å². The van der Waals surface area contributed by atoms with E-state index in [0.29, 0.717) is 29.7 Å². The lowest BCUT2D eigenvalue weighted by Crippen LogP contribution is -2.08. The quantitative estimate of drug-likeness (QED) is 0.844. The van der Waals surface area contributed by atoms with Crippen molar-refractivity contribution in [2.24, 2.45) is 5.92 Å². The lowest BCUT2D eigenvalue weighted by atomic mass is 9.95. The molecule has 0 bridgehead atoms. The van der Waals surface area contributed by atoms with Crippen LogP contribution in [0.4, 0.5) is 10.1 Å². The maximum Gasteiger partial charge on any atom is 0.337 e. The van der Waals surface area contributed by atoms with Crippen molar-refractivity contribution in [1.29, 1.82) is 0 Å². The molecule has 0 amide bonds. The first-order valence-corrected chi connectivity index (χ1v) is 6.50. The number of nitrogen functional groups attached to an aromatic ring is 1. The number of nitrogens with zero attached hydrogens (tertiary/aromatic N) is 1. The van der Waals surface area contributed by atoms with Crippen LogP contribution < -0.4 is 5.73 Å². The highest BCUT2D eigenvalue weighted by Crippen LogP contribution is 2.28. The molecule has 2 heterocycles. The van der Waals surface area contributed by atoms with Crippen molar-refractivity contribution in [3.8, 4) is 0 Å². The molecule has 0 aliphatic carbocycles. The van der Waals surface area contributed by atoms with Gasteiger partial charge in [-0.25, -0.2) is 9.18 Å². The SMILES string of the molecule is Nc1ccc(F)c(CC2Cc3c(C(=O)O)ccn3C2)c1. The number of carboxylic acids is 1. The van der Waals surface area contributed by atoms with E-state index in [4.69, 9.17) is 10.8 Å². The van der Waals surface area contributed by atoms with E-state index in [1.807, 2.05) is 4.57 Å². The Balaban J connectivity index is 1.79. The van der Waals surface area contributed by atoms with E-state index in [2.05, 4.69) is 0 Å². The number of nitrogens with two attached hydrogens (primary N) is 1. The van der Waals surface area contributed by atoms with Crippen LogP contribution in [0.15, 0.2) is 30.5 Å². The van der Waals surface area contributed by atoms with E-state index >= 15 is 0 Å². The van der Waals surface area contributed by atoms with Gasteiger partial charge in [0.1, 0.15) is 5.82 Å². The monoisotopic (exact) mass is 274 g/mol. The second-order valence-electron chi connectivity index (χ2n) is 5.26. The molecule has 1 unspecified atom stereocenters. The van der Waals surface area contributed by atoms with E-state index in [1.54, 1.807) is 24.4 Å². The molecule has 20 heavy (non-hydrogen) atoms. The summed E-state index contributed by atoms with van der Waals surface area (Å²) in [6, 6.07) is 6.19. The van der Waals surface area contributed by atoms with Gasteiger partial charge >= 0.3 is 5.97 Å². The van der Waals surface area contributed by atoms with E-state index < -0.39 is 5.97 Å². The Morgan fingerprint density at radius 3 is 3.00 bits per heavy atom. The summed E-state index contributed by atoms with van der Waals surface area (Å²) in [4.78, 5) is 11.1. The number of fused-ring (bicyclic) bond motifs is 1. The van der Waals surface area contributed by atoms with Crippen LogP contribution in [0.1, 0.15) is 21.6 Å². The molecular weight excluding hydrogens is 259 g/mol. The van der Waals surface area contributed by atoms with Gasteiger partial charge in [-0.1, -0.05) is 0 Å². The number of carboxylic acid groups (broad SMARTS) is 1. The number of rotatable bonds is 3. The molecule has 1 aliphatic rings. The zero-order valence-electron chi connectivity index (χ0n) is 10.8. The number of aromatic nitrogens is 1. The van der Waals surface area contributed by atoms with Gasteiger partial charge < -0.3 is 15.4 Å². The first-order valence-electron chi connectivity index (χ1n) is 6.50. The van der Waals surface area contributed by atoms with E-state index in [9.17, 15) is 9.18 Å². The predicted octanol–water partition coefficient (Wildman–Crippen LogP) is 2.32. The van der Waals surface area contributed by atoms with Crippen LogP contribution in [-0.2, 0) is 19.4 Å². The molecule has 0 saturated carbocycles. The van der Waals surface area contributed by atoms with Gasteiger partial charge in [-0.05, 0) is 48.6 Å². The molecule has 4 nitrogen and oxygen atoms in total. The summed E-state index contributed by atoms with van der Waals surface area (Å²) in [7, 11) is 0. The Morgan fingerprint density at radius 1 is 1.45 bits per heavy atom. The number of benzene rings is 1. The minimum absolute atomic E-state index is 0.209. The Hall–Kier alpha value is -2.30. The normalized spacial score (nSPS) is 17.1. The zero-order chi connectivity index (χ0) is 14.3. The van der Waals surface area contributed by atoms with Crippen molar-refractivity contribution < 1.29 is 14.3 Å². The van der Waals surface area contributed by atoms with E-state index in [0.717, 1.165) is 12.2 Å². The van der Waals surface area contributed by atoms with Crippen LogP contribution in [0.3, 0.4) is 0 Å². The fourth-order valence-corrected chi connectivity index (χ4v) is 2.91. The first kappa shape index (κ1) is 12.7. The minimum atomic E-state index is -0.908. The third kappa shape index (κ3) is 2.15. The van der Waals surface area contributed by atoms with Crippen molar-refractivity contribution in [1.82, 2.24) is 4.57 Å². The van der Waals surface area contributed by atoms with Gasteiger partial charge in [0.25, 0.3) is 0 Å². The molecule has 0 fully saturated rings. The highest BCUT2D eigenvalue weighted by molar-refractivity contribution is 5.89.